The van der Waals surface area contributed by atoms with E-state index in [0.717, 1.165) is 25.7 Å². The maximum Gasteiger partial charge on any atom is 2.00 e. The van der Waals surface area contributed by atoms with Crippen LogP contribution in [0.2, 0.25) is 0 Å². The number of carbonyl (C=O) groups is 3. The van der Waals surface area contributed by atoms with Gasteiger partial charge in [0, 0.05) is 11.9 Å². The van der Waals surface area contributed by atoms with E-state index in [9.17, 15) is 24.6 Å². The van der Waals surface area contributed by atoms with Crippen molar-refractivity contribution >= 4 is 55.6 Å². The number of ether oxygens (including phenoxy) is 2. The second-order valence-electron chi connectivity index (χ2n) is 13.4. The fraction of sp³-hybridized carbons (Fsp3) is 0.925. The Labute approximate surface area is 326 Å². The van der Waals surface area contributed by atoms with Crippen LogP contribution in [0.25, 0.3) is 0 Å². The largest absolute Gasteiger partial charge is 2.00 e. The molecule has 1 heterocycles. The molecule has 0 aromatic heterocycles. The molecule has 0 saturated carbocycles. The molecule has 1 rings (SSSR count). The van der Waals surface area contributed by atoms with Gasteiger partial charge >= 0.3 is 43.7 Å². The fourth-order valence-electron chi connectivity index (χ4n) is 5.69. The first-order valence-corrected chi connectivity index (χ1v) is 20.1. The van der Waals surface area contributed by atoms with Crippen LogP contribution in [-0.4, -0.2) is 75.5 Å². The van der Waals surface area contributed by atoms with Crippen LogP contribution in [0.15, 0.2) is 0 Å². The first kappa shape index (κ1) is 52.0. The number of rotatable bonds is 32. The summed E-state index contributed by atoms with van der Waals surface area (Å²) in [6.07, 6.45) is 39.7. The van der Waals surface area contributed by atoms with Crippen LogP contribution in [0.5, 0.6) is 0 Å². The number of carbonyl (C=O) groups excluding carboxylic acids is 3. The molecule has 0 bridgehead atoms. The molecule has 0 atom stereocenters. The summed E-state index contributed by atoms with van der Waals surface area (Å²) in [7, 11) is 0. The number of unbranched alkanes of at least 4 members (excludes halogenated alkanes) is 28. The van der Waals surface area contributed by atoms with Gasteiger partial charge in [-0.05, 0) is 25.7 Å². The van der Waals surface area contributed by atoms with Crippen LogP contribution in [0, 0.1) is 0 Å². The molecule has 48 heavy (non-hydrogen) atoms. The van der Waals surface area contributed by atoms with Gasteiger partial charge in [-0.3, -0.25) is 0 Å². The van der Waals surface area contributed by atoms with Gasteiger partial charge in [-0.2, -0.15) is 0 Å². The van der Waals surface area contributed by atoms with E-state index in [1.165, 1.54) is 167 Å². The summed E-state index contributed by atoms with van der Waals surface area (Å²) in [5, 5.41) is 20.4. The molecule has 0 aromatic rings. The number of esters is 1. The number of carboxylic acid groups (broad SMARTS) is 2. The van der Waals surface area contributed by atoms with Gasteiger partial charge in [-0.15, -0.1) is 0 Å². The van der Waals surface area contributed by atoms with Gasteiger partial charge in [0.05, 0.1) is 6.61 Å². The Bertz CT molecular complexity index is 607. The summed E-state index contributed by atoms with van der Waals surface area (Å²) >= 11 is 0. The van der Waals surface area contributed by atoms with Gasteiger partial charge in [0.15, 0.2) is 0 Å². The molecule has 1 aliphatic heterocycles. The van der Waals surface area contributed by atoms with Crippen molar-refractivity contribution in [2.45, 2.75) is 219 Å². The van der Waals surface area contributed by atoms with Gasteiger partial charge in [-0.25, -0.2) is 4.79 Å². The molecule has 0 aromatic carbocycles. The maximum absolute atomic E-state index is 10.2. The Kier molecular flexibility index (Phi) is 50.5. The second-order valence-corrected chi connectivity index (χ2v) is 13.4. The molecular formula is C40H76CaO7. The predicted molar refractivity (Wildman–Crippen MR) is 197 cm³/mol. The van der Waals surface area contributed by atoms with Crippen molar-refractivity contribution in [1.82, 2.24) is 0 Å². The van der Waals surface area contributed by atoms with Gasteiger partial charge in [0.2, 0.25) is 0 Å². The quantitative estimate of drug-likeness (QED) is 0.0389. The molecule has 0 unspecified atom stereocenters. The minimum atomic E-state index is -0.903. The smallest absolute Gasteiger partial charge is 0.550 e. The average Bonchev–Trinajstić information content (AvgIpc) is 3.05. The fourth-order valence-corrected chi connectivity index (χ4v) is 5.69. The molecule has 1 saturated heterocycles. The first-order chi connectivity index (χ1) is 22.9. The Balaban J connectivity index is -0.000000688. The zero-order valence-electron chi connectivity index (χ0n) is 31.8. The molecule has 280 valence electrons. The van der Waals surface area contributed by atoms with Crippen LogP contribution in [0.1, 0.15) is 219 Å². The van der Waals surface area contributed by atoms with Crippen molar-refractivity contribution in [2.24, 2.45) is 0 Å². The van der Waals surface area contributed by atoms with E-state index in [1.54, 1.807) is 0 Å². The van der Waals surface area contributed by atoms with Crippen LogP contribution in [0.4, 0.5) is 0 Å². The molecule has 1 aliphatic rings. The van der Waals surface area contributed by atoms with Gasteiger partial charge in [-0.1, -0.05) is 194 Å². The van der Waals surface area contributed by atoms with Crippen LogP contribution in [-0.2, 0) is 23.9 Å². The molecule has 0 aliphatic carbocycles. The van der Waals surface area contributed by atoms with Crippen molar-refractivity contribution in [3.05, 3.63) is 0 Å². The second kappa shape index (κ2) is 46.6. The van der Waals surface area contributed by atoms with Crippen molar-refractivity contribution < 1.29 is 34.1 Å². The summed E-state index contributed by atoms with van der Waals surface area (Å²) in [5.74, 6) is -2.06. The van der Waals surface area contributed by atoms with E-state index < -0.39 is 11.9 Å². The molecule has 0 N–H and O–H groups in total. The average molecular weight is 709 g/mol. The van der Waals surface area contributed by atoms with Crippen molar-refractivity contribution in [2.75, 3.05) is 19.8 Å². The third kappa shape index (κ3) is 52.4. The number of hydrogen-bond donors (Lipinski definition) is 0. The minimum Gasteiger partial charge on any atom is -0.550 e. The normalized spacial score (nSPS) is 12.2. The molecule has 0 radical (unpaired) electrons. The molecule has 8 heteroatoms. The summed E-state index contributed by atoms with van der Waals surface area (Å²) in [6, 6.07) is 0. The van der Waals surface area contributed by atoms with E-state index in [2.05, 4.69) is 18.6 Å². The molecular weight excluding hydrogens is 633 g/mol. The van der Waals surface area contributed by atoms with Crippen molar-refractivity contribution in [3.8, 4) is 0 Å². The summed E-state index contributed by atoms with van der Waals surface area (Å²) in [6.45, 7) is 5.62. The standard InChI is InChI=1S/2C18H36O2.C4H6O3.Ca/c2*1-2-3-4-5-6-7-8-9-10-11-12-13-14-15-16-17-18(19)20;5-4-3-6-1-2-7-4;/h2*2-17H2,1H3,(H,19,20);1-3H2;/q;;;+2/p-2. The Morgan fingerprint density at radius 1 is 0.458 bits per heavy atom. The first-order valence-electron chi connectivity index (χ1n) is 20.1. The van der Waals surface area contributed by atoms with E-state index in [1.807, 2.05) is 0 Å². The predicted octanol–water partition coefficient (Wildman–Crippen LogP) is 9.17. The van der Waals surface area contributed by atoms with Gasteiger partial charge in [0.1, 0.15) is 13.2 Å². The Hall–Kier alpha value is -0.370. The monoisotopic (exact) mass is 709 g/mol. The Morgan fingerprint density at radius 2 is 0.708 bits per heavy atom. The van der Waals surface area contributed by atoms with Gasteiger partial charge < -0.3 is 29.3 Å². The molecule has 1 fully saturated rings. The van der Waals surface area contributed by atoms with Crippen molar-refractivity contribution in [1.29, 1.82) is 0 Å². The third-order valence-corrected chi connectivity index (χ3v) is 8.68. The Morgan fingerprint density at radius 3 is 0.875 bits per heavy atom. The number of hydrogen-bond acceptors (Lipinski definition) is 7. The topological polar surface area (TPSA) is 116 Å². The molecule has 7 nitrogen and oxygen atoms in total. The van der Waals surface area contributed by atoms with E-state index in [0.29, 0.717) is 13.2 Å². The number of cyclic esters (lactones) is 1. The van der Waals surface area contributed by atoms with Crippen LogP contribution >= 0.6 is 0 Å². The number of carboxylic acids is 2. The van der Waals surface area contributed by atoms with Crippen LogP contribution < -0.4 is 10.2 Å². The number of aliphatic carboxylic acids is 2. The van der Waals surface area contributed by atoms with Crippen molar-refractivity contribution in [3.63, 3.8) is 0 Å². The van der Waals surface area contributed by atoms with E-state index >= 15 is 0 Å². The van der Waals surface area contributed by atoms with E-state index in [-0.39, 0.29) is 63.2 Å². The summed E-state index contributed by atoms with van der Waals surface area (Å²) in [5.41, 5.74) is 0. The van der Waals surface area contributed by atoms with Gasteiger partial charge in [0.25, 0.3) is 0 Å². The summed E-state index contributed by atoms with van der Waals surface area (Å²) in [4.78, 5) is 30.6. The summed E-state index contributed by atoms with van der Waals surface area (Å²) < 4.78 is 9.22. The molecule has 0 spiro atoms. The third-order valence-electron chi connectivity index (χ3n) is 8.68. The molecule has 0 amide bonds. The zero-order chi connectivity index (χ0) is 34.9. The zero-order valence-corrected chi connectivity index (χ0v) is 34.0. The maximum atomic E-state index is 10.2. The SMILES string of the molecule is CCCCCCCCCCCCCCCCCC(=O)[O-].CCCCCCCCCCCCCCCCCC(=O)[O-].O=C1COCCO1.[Ca+2]. The van der Waals surface area contributed by atoms with Crippen LogP contribution in [0.3, 0.4) is 0 Å². The minimum absolute atomic E-state index is 0. The van der Waals surface area contributed by atoms with E-state index in [4.69, 9.17) is 4.74 Å².